The molecule has 2 N–H and O–H groups in total. The zero-order valence-electron chi connectivity index (χ0n) is 17.2. The van der Waals surface area contributed by atoms with E-state index in [1.54, 1.807) is 33.8 Å². The van der Waals surface area contributed by atoms with Gasteiger partial charge in [-0.3, -0.25) is 4.79 Å². The van der Waals surface area contributed by atoms with Crippen LogP contribution < -0.4 is 5.32 Å². The largest absolute Gasteiger partial charge is 0.462 e. The summed E-state index contributed by atoms with van der Waals surface area (Å²) in [6, 6.07) is 3.59. The second kappa shape index (κ2) is 8.25. The Labute approximate surface area is 175 Å². The summed E-state index contributed by atoms with van der Waals surface area (Å²) in [4.78, 5) is 31.7. The number of hydrogen-bond donors (Lipinski definition) is 2. The lowest BCUT2D eigenvalue weighted by atomic mass is 10.1. The predicted octanol–water partition coefficient (Wildman–Crippen LogP) is 3.97. The highest BCUT2D eigenvalue weighted by molar-refractivity contribution is 6.06. The van der Waals surface area contributed by atoms with Crippen LogP contribution >= 0.6 is 0 Å². The lowest BCUT2D eigenvalue weighted by Gasteiger charge is -2.10. The lowest BCUT2D eigenvalue weighted by molar-refractivity contribution is -0.137. The number of rotatable bonds is 5. The molecule has 0 saturated heterocycles. The van der Waals surface area contributed by atoms with E-state index < -0.39 is 23.6 Å². The van der Waals surface area contributed by atoms with Gasteiger partial charge < -0.3 is 15.0 Å². The number of ether oxygens (including phenoxy) is 1. The average molecular weight is 435 g/mol. The van der Waals surface area contributed by atoms with Gasteiger partial charge in [-0.05, 0) is 45.4 Å². The van der Waals surface area contributed by atoms with E-state index in [2.05, 4.69) is 20.4 Å². The van der Waals surface area contributed by atoms with E-state index in [4.69, 9.17) is 4.74 Å². The van der Waals surface area contributed by atoms with Crippen LogP contribution in [0.4, 0.5) is 19.0 Å². The number of hydrogen-bond acceptors (Lipinski definition) is 5. The molecular weight excluding hydrogens is 415 g/mol. The van der Waals surface area contributed by atoms with E-state index in [9.17, 15) is 22.8 Å². The normalized spacial score (nSPS) is 11.5. The molecule has 0 spiro atoms. The summed E-state index contributed by atoms with van der Waals surface area (Å²) in [6.45, 7) is 6.81. The van der Waals surface area contributed by atoms with Gasteiger partial charge >= 0.3 is 12.1 Å². The maximum absolute atomic E-state index is 12.9. The number of aryl methyl sites for hydroxylation is 2. The number of esters is 1. The second-order valence-corrected chi connectivity index (χ2v) is 6.79. The number of nitrogens with one attached hydrogen (secondary N) is 2. The molecule has 0 unspecified atom stereocenters. The van der Waals surface area contributed by atoms with Crippen molar-refractivity contribution in [3.8, 4) is 5.82 Å². The SMILES string of the molecule is CCOC(=O)c1c(C)[nH]c(C(=O)Nc2cc(C)nn2-c2ccc(C(F)(F)F)cn2)c1C. The van der Waals surface area contributed by atoms with Crippen molar-refractivity contribution in [3.05, 3.63) is 58.2 Å². The summed E-state index contributed by atoms with van der Waals surface area (Å²) < 4.78 is 44.6. The van der Waals surface area contributed by atoms with Crippen LogP contribution in [-0.2, 0) is 10.9 Å². The predicted molar refractivity (Wildman–Crippen MR) is 105 cm³/mol. The molecule has 0 atom stereocenters. The fourth-order valence-electron chi connectivity index (χ4n) is 3.11. The molecule has 0 bridgehead atoms. The van der Waals surface area contributed by atoms with Gasteiger partial charge in [-0.25, -0.2) is 9.78 Å². The van der Waals surface area contributed by atoms with E-state index in [-0.39, 0.29) is 29.5 Å². The van der Waals surface area contributed by atoms with Crippen LogP contribution in [0.2, 0.25) is 0 Å². The maximum Gasteiger partial charge on any atom is 0.417 e. The number of aromatic nitrogens is 4. The minimum absolute atomic E-state index is 0.100. The molecule has 8 nitrogen and oxygen atoms in total. The number of pyridine rings is 1. The van der Waals surface area contributed by atoms with Crippen molar-refractivity contribution in [2.45, 2.75) is 33.9 Å². The number of halogens is 3. The van der Waals surface area contributed by atoms with E-state index in [0.717, 1.165) is 12.1 Å². The molecule has 0 aromatic carbocycles. The number of anilines is 1. The fraction of sp³-hybridized carbons (Fsp3) is 0.300. The van der Waals surface area contributed by atoms with Gasteiger partial charge in [0, 0.05) is 18.0 Å². The van der Waals surface area contributed by atoms with Crippen molar-refractivity contribution in [2.24, 2.45) is 0 Å². The first-order valence-electron chi connectivity index (χ1n) is 9.30. The highest BCUT2D eigenvalue weighted by Crippen LogP contribution is 2.29. The van der Waals surface area contributed by atoms with Gasteiger partial charge in [0.1, 0.15) is 11.5 Å². The monoisotopic (exact) mass is 435 g/mol. The first-order chi connectivity index (χ1) is 14.5. The van der Waals surface area contributed by atoms with Crippen LogP contribution in [0.1, 0.15) is 50.3 Å². The number of aromatic amines is 1. The molecule has 11 heteroatoms. The van der Waals surface area contributed by atoms with Gasteiger partial charge in [0.15, 0.2) is 5.82 Å². The quantitative estimate of drug-likeness (QED) is 0.591. The Morgan fingerprint density at radius 3 is 2.52 bits per heavy atom. The highest BCUT2D eigenvalue weighted by atomic mass is 19.4. The van der Waals surface area contributed by atoms with Gasteiger partial charge in [-0.2, -0.15) is 23.0 Å². The van der Waals surface area contributed by atoms with Crippen LogP contribution in [0.25, 0.3) is 5.82 Å². The first kappa shape index (κ1) is 22.1. The molecule has 0 radical (unpaired) electrons. The maximum atomic E-state index is 12.9. The van der Waals surface area contributed by atoms with Crippen LogP contribution in [0.15, 0.2) is 24.4 Å². The zero-order valence-corrected chi connectivity index (χ0v) is 17.2. The van der Waals surface area contributed by atoms with Crippen LogP contribution in [0.3, 0.4) is 0 Å². The highest BCUT2D eigenvalue weighted by Gasteiger charge is 2.31. The van der Waals surface area contributed by atoms with E-state index in [1.807, 2.05) is 0 Å². The van der Waals surface area contributed by atoms with Crippen LogP contribution in [-0.4, -0.2) is 38.2 Å². The summed E-state index contributed by atoms with van der Waals surface area (Å²) in [6.07, 6.45) is -3.82. The number of carbonyl (C=O) groups is 2. The molecule has 164 valence electrons. The van der Waals surface area contributed by atoms with Crippen molar-refractivity contribution in [1.29, 1.82) is 0 Å². The standard InChI is InChI=1S/C20H20F3N5O3/c1-5-31-19(30)16-11(3)17(25-12(16)4)18(29)26-15-8-10(2)27-28(15)14-7-6-13(9-24-14)20(21,22)23/h6-9,25H,5H2,1-4H3,(H,26,29). The number of amides is 1. The Hall–Kier alpha value is -3.63. The Bertz CT molecular complexity index is 1130. The summed E-state index contributed by atoms with van der Waals surface area (Å²) in [5.74, 6) is -0.783. The van der Waals surface area contributed by atoms with Gasteiger partial charge in [0.2, 0.25) is 0 Å². The second-order valence-electron chi connectivity index (χ2n) is 6.79. The Kier molecular flexibility index (Phi) is 5.87. The Morgan fingerprint density at radius 1 is 1.23 bits per heavy atom. The summed E-state index contributed by atoms with van der Waals surface area (Å²) in [5, 5.41) is 6.85. The molecule has 0 aliphatic carbocycles. The topological polar surface area (TPSA) is 102 Å². The minimum Gasteiger partial charge on any atom is -0.462 e. The summed E-state index contributed by atoms with van der Waals surface area (Å²) in [7, 11) is 0. The molecule has 3 aromatic heterocycles. The molecule has 0 saturated carbocycles. The molecule has 0 aliphatic heterocycles. The van der Waals surface area contributed by atoms with Gasteiger partial charge in [0.25, 0.3) is 5.91 Å². The van der Waals surface area contributed by atoms with Crippen molar-refractivity contribution in [1.82, 2.24) is 19.7 Å². The van der Waals surface area contributed by atoms with E-state index in [1.165, 1.54) is 4.68 Å². The number of alkyl halides is 3. The average Bonchev–Trinajstić information content (AvgIpc) is 3.20. The van der Waals surface area contributed by atoms with Crippen molar-refractivity contribution in [3.63, 3.8) is 0 Å². The number of carbonyl (C=O) groups excluding carboxylic acids is 2. The number of nitrogens with zero attached hydrogens (tertiary/aromatic N) is 3. The molecular formula is C20H20F3N5O3. The fourth-order valence-corrected chi connectivity index (χ4v) is 3.11. The van der Waals surface area contributed by atoms with Gasteiger partial charge in [-0.1, -0.05) is 0 Å². The third-order valence-electron chi connectivity index (χ3n) is 4.51. The third kappa shape index (κ3) is 4.44. The molecule has 1 amide bonds. The molecule has 0 fully saturated rings. The van der Waals surface area contributed by atoms with Crippen LogP contribution in [0.5, 0.6) is 0 Å². The molecule has 0 aliphatic rings. The summed E-state index contributed by atoms with van der Waals surface area (Å²) >= 11 is 0. The van der Waals surface area contributed by atoms with E-state index in [0.29, 0.717) is 23.1 Å². The van der Waals surface area contributed by atoms with Crippen molar-refractivity contribution >= 4 is 17.7 Å². The van der Waals surface area contributed by atoms with Gasteiger partial charge in [0.05, 0.1) is 23.4 Å². The molecule has 31 heavy (non-hydrogen) atoms. The third-order valence-corrected chi connectivity index (χ3v) is 4.51. The summed E-state index contributed by atoms with van der Waals surface area (Å²) in [5.41, 5.74) is 0.963. The van der Waals surface area contributed by atoms with Crippen molar-refractivity contribution < 1.29 is 27.5 Å². The Balaban J connectivity index is 1.90. The zero-order chi connectivity index (χ0) is 22.9. The van der Waals surface area contributed by atoms with E-state index >= 15 is 0 Å². The van der Waals surface area contributed by atoms with Crippen LogP contribution in [0, 0.1) is 20.8 Å². The van der Waals surface area contributed by atoms with Gasteiger partial charge in [-0.15, -0.1) is 0 Å². The van der Waals surface area contributed by atoms with Crippen molar-refractivity contribution in [2.75, 3.05) is 11.9 Å². The molecule has 3 aromatic rings. The smallest absolute Gasteiger partial charge is 0.417 e. The Morgan fingerprint density at radius 2 is 1.94 bits per heavy atom. The first-order valence-corrected chi connectivity index (χ1v) is 9.30. The number of H-pyrrole nitrogens is 1. The molecule has 3 heterocycles. The minimum atomic E-state index is -4.51. The molecule has 3 rings (SSSR count). The lowest BCUT2D eigenvalue weighted by Crippen LogP contribution is -2.17.